The van der Waals surface area contributed by atoms with Crippen molar-refractivity contribution in [2.24, 2.45) is 0 Å². The summed E-state index contributed by atoms with van der Waals surface area (Å²) in [5.74, 6) is 0. The number of rotatable bonds is 5. The lowest BCUT2D eigenvalue weighted by atomic mass is 10.2. The van der Waals surface area contributed by atoms with E-state index in [0.29, 0.717) is 17.9 Å². The summed E-state index contributed by atoms with van der Waals surface area (Å²) >= 11 is 5.03. The van der Waals surface area contributed by atoms with Crippen LogP contribution in [-0.4, -0.2) is 35.0 Å². The van der Waals surface area contributed by atoms with Gasteiger partial charge in [-0.05, 0) is 25.4 Å². The minimum absolute atomic E-state index is 0.289. The summed E-state index contributed by atoms with van der Waals surface area (Å²) < 4.78 is 0. The van der Waals surface area contributed by atoms with Crippen molar-refractivity contribution in [3.05, 3.63) is 22.4 Å². The van der Waals surface area contributed by atoms with Crippen LogP contribution in [0, 0.1) is 0 Å². The molecule has 1 rings (SSSR count). The number of thiophene rings is 1. The lowest BCUT2D eigenvalue weighted by Gasteiger charge is -2.25. The van der Waals surface area contributed by atoms with Gasteiger partial charge in [-0.15, -0.1) is 11.3 Å². The molecular formula is C10H16BrNOS. The number of likely N-dealkylation sites (N-methyl/N-ethyl adjacent to an activating group) is 1. The van der Waals surface area contributed by atoms with Crippen LogP contribution >= 0.6 is 27.3 Å². The summed E-state index contributed by atoms with van der Waals surface area (Å²) in [4.78, 5) is 3.51. The SMILES string of the molecule is CC(c1cccs1)N(C)CC(O)CBr. The zero-order valence-corrected chi connectivity index (χ0v) is 10.9. The fourth-order valence-electron chi connectivity index (χ4n) is 1.29. The first-order valence-corrected chi connectivity index (χ1v) is 6.63. The van der Waals surface area contributed by atoms with Gasteiger partial charge >= 0.3 is 0 Å². The second kappa shape index (κ2) is 5.85. The average Bonchev–Trinajstić information content (AvgIpc) is 2.69. The summed E-state index contributed by atoms with van der Waals surface area (Å²) in [6, 6.07) is 4.57. The Morgan fingerprint density at radius 3 is 2.86 bits per heavy atom. The van der Waals surface area contributed by atoms with Crippen molar-refractivity contribution >= 4 is 27.3 Å². The zero-order chi connectivity index (χ0) is 10.6. The predicted molar refractivity (Wildman–Crippen MR) is 65.2 cm³/mol. The Balaban J connectivity index is 2.48. The monoisotopic (exact) mass is 277 g/mol. The first-order valence-electron chi connectivity index (χ1n) is 4.62. The molecule has 80 valence electrons. The van der Waals surface area contributed by atoms with Crippen LogP contribution in [0.5, 0.6) is 0 Å². The fraction of sp³-hybridized carbons (Fsp3) is 0.600. The summed E-state index contributed by atoms with van der Waals surface area (Å²) in [7, 11) is 2.04. The van der Waals surface area contributed by atoms with Gasteiger partial charge in [0, 0.05) is 22.8 Å². The predicted octanol–water partition coefficient (Wildman–Crippen LogP) is 2.50. The Morgan fingerprint density at radius 1 is 1.64 bits per heavy atom. The summed E-state index contributed by atoms with van der Waals surface area (Å²) in [6.07, 6.45) is -0.289. The molecule has 0 aromatic carbocycles. The highest BCUT2D eigenvalue weighted by Crippen LogP contribution is 2.23. The molecule has 2 atom stereocenters. The smallest absolute Gasteiger partial charge is 0.0763 e. The molecule has 0 aliphatic rings. The maximum Gasteiger partial charge on any atom is 0.0763 e. The molecule has 0 aliphatic heterocycles. The van der Waals surface area contributed by atoms with E-state index in [1.54, 1.807) is 11.3 Å². The average molecular weight is 278 g/mol. The van der Waals surface area contributed by atoms with Crippen molar-refractivity contribution in [3.8, 4) is 0 Å². The second-order valence-electron chi connectivity index (χ2n) is 3.44. The highest BCUT2D eigenvalue weighted by atomic mass is 79.9. The van der Waals surface area contributed by atoms with Gasteiger partial charge in [-0.2, -0.15) is 0 Å². The molecule has 1 aromatic heterocycles. The topological polar surface area (TPSA) is 23.5 Å². The molecule has 1 N–H and O–H groups in total. The molecule has 2 unspecified atom stereocenters. The van der Waals surface area contributed by atoms with E-state index in [0.717, 1.165) is 0 Å². The van der Waals surface area contributed by atoms with E-state index in [1.807, 2.05) is 7.05 Å². The van der Waals surface area contributed by atoms with Crippen LogP contribution in [0.25, 0.3) is 0 Å². The maximum atomic E-state index is 9.49. The Labute approximate surface area is 97.7 Å². The number of hydrogen-bond donors (Lipinski definition) is 1. The molecule has 4 heteroatoms. The van der Waals surface area contributed by atoms with Crippen LogP contribution in [0.1, 0.15) is 17.8 Å². The van der Waals surface area contributed by atoms with Gasteiger partial charge in [-0.1, -0.05) is 22.0 Å². The maximum absolute atomic E-state index is 9.49. The highest BCUT2D eigenvalue weighted by Gasteiger charge is 2.15. The normalized spacial score (nSPS) is 15.8. The van der Waals surface area contributed by atoms with Crippen molar-refractivity contribution < 1.29 is 5.11 Å². The third-order valence-electron chi connectivity index (χ3n) is 2.29. The van der Waals surface area contributed by atoms with E-state index in [9.17, 15) is 5.11 Å². The van der Waals surface area contributed by atoms with Gasteiger partial charge in [0.2, 0.25) is 0 Å². The van der Waals surface area contributed by atoms with Gasteiger partial charge in [-0.3, -0.25) is 4.90 Å². The van der Waals surface area contributed by atoms with Crippen molar-refractivity contribution in [2.45, 2.75) is 19.1 Å². The molecule has 0 fully saturated rings. The van der Waals surface area contributed by atoms with Crippen molar-refractivity contribution in [3.63, 3.8) is 0 Å². The number of aliphatic hydroxyl groups excluding tert-OH is 1. The standard InChI is InChI=1S/C10H16BrNOS/c1-8(10-4-3-5-14-10)12(2)7-9(13)6-11/h3-5,8-9,13H,6-7H2,1-2H3. The quantitative estimate of drug-likeness (QED) is 0.836. The molecule has 0 bridgehead atoms. The van der Waals surface area contributed by atoms with Crippen molar-refractivity contribution in [1.82, 2.24) is 4.90 Å². The van der Waals surface area contributed by atoms with E-state index < -0.39 is 0 Å². The third-order valence-corrected chi connectivity index (χ3v) is 4.08. The van der Waals surface area contributed by atoms with Gasteiger partial charge in [0.15, 0.2) is 0 Å². The van der Waals surface area contributed by atoms with Crippen LogP contribution in [-0.2, 0) is 0 Å². The highest BCUT2D eigenvalue weighted by molar-refractivity contribution is 9.09. The first kappa shape index (κ1) is 12.2. The Morgan fingerprint density at radius 2 is 2.36 bits per heavy atom. The van der Waals surface area contributed by atoms with E-state index in [1.165, 1.54) is 4.88 Å². The zero-order valence-electron chi connectivity index (χ0n) is 8.48. The van der Waals surface area contributed by atoms with Crippen molar-refractivity contribution in [1.29, 1.82) is 0 Å². The second-order valence-corrected chi connectivity index (χ2v) is 5.07. The van der Waals surface area contributed by atoms with Crippen LogP contribution < -0.4 is 0 Å². The minimum atomic E-state index is -0.289. The summed E-state index contributed by atoms with van der Waals surface area (Å²) in [6.45, 7) is 2.86. The summed E-state index contributed by atoms with van der Waals surface area (Å²) in [5, 5.41) is 12.2. The molecule has 1 heterocycles. The molecule has 2 nitrogen and oxygen atoms in total. The third kappa shape index (κ3) is 3.35. The van der Waals surface area contributed by atoms with E-state index in [-0.39, 0.29) is 6.10 Å². The molecule has 0 aliphatic carbocycles. The lowest BCUT2D eigenvalue weighted by molar-refractivity contribution is 0.127. The van der Waals surface area contributed by atoms with E-state index in [4.69, 9.17) is 0 Å². The number of halogens is 1. The molecular weight excluding hydrogens is 262 g/mol. The van der Waals surface area contributed by atoms with Gasteiger partial charge in [0.25, 0.3) is 0 Å². The number of nitrogens with zero attached hydrogens (tertiary/aromatic N) is 1. The molecule has 14 heavy (non-hydrogen) atoms. The molecule has 1 aromatic rings. The van der Waals surface area contributed by atoms with Gasteiger partial charge < -0.3 is 5.11 Å². The molecule has 0 radical (unpaired) electrons. The molecule has 0 spiro atoms. The largest absolute Gasteiger partial charge is 0.391 e. The Kier molecular flexibility index (Phi) is 5.09. The number of aliphatic hydroxyl groups is 1. The fourth-order valence-corrected chi connectivity index (χ4v) is 2.34. The Hall–Kier alpha value is 0.100. The molecule has 0 saturated carbocycles. The lowest BCUT2D eigenvalue weighted by Crippen LogP contribution is -2.31. The van der Waals surface area contributed by atoms with Gasteiger partial charge in [0.05, 0.1) is 6.10 Å². The Bertz CT molecular complexity index is 253. The minimum Gasteiger partial charge on any atom is -0.391 e. The van der Waals surface area contributed by atoms with E-state index >= 15 is 0 Å². The van der Waals surface area contributed by atoms with Crippen LogP contribution in [0.4, 0.5) is 0 Å². The van der Waals surface area contributed by atoms with E-state index in [2.05, 4.69) is 45.3 Å². The van der Waals surface area contributed by atoms with Gasteiger partial charge in [-0.25, -0.2) is 0 Å². The number of hydrogen-bond acceptors (Lipinski definition) is 3. The van der Waals surface area contributed by atoms with Crippen molar-refractivity contribution in [2.75, 3.05) is 18.9 Å². The summed E-state index contributed by atoms with van der Waals surface area (Å²) in [5.41, 5.74) is 0. The molecule has 0 saturated heterocycles. The first-order chi connectivity index (χ1) is 6.65. The van der Waals surface area contributed by atoms with Crippen LogP contribution in [0.15, 0.2) is 17.5 Å². The van der Waals surface area contributed by atoms with Crippen LogP contribution in [0.2, 0.25) is 0 Å². The molecule has 0 amide bonds. The van der Waals surface area contributed by atoms with Crippen LogP contribution in [0.3, 0.4) is 0 Å². The van der Waals surface area contributed by atoms with Gasteiger partial charge in [0.1, 0.15) is 0 Å². The number of alkyl halides is 1.